The smallest absolute Gasteiger partial charge is 0.192 e. The van der Waals surface area contributed by atoms with E-state index in [1.54, 1.807) is 6.07 Å². The van der Waals surface area contributed by atoms with Crippen molar-refractivity contribution >= 4 is 5.96 Å². The minimum absolute atomic E-state index is 0.112. The van der Waals surface area contributed by atoms with Gasteiger partial charge in [-0.05, 0) is 44.8 Å². The van der Waals surface area contributed by atoms with Crippen molar-refractivity contribution < 1.29 is 4.39 Å². The summed E-state index contributed by atoms with van der Waals surface area (Å²) in [4.78, 5) is 6.94. The van der Waals surface area contributed by atoms with E-state index in [9.17, 15) is 4.39 Å². The zero-order valence-corrected chi connectivity index (χ0v) is 14.4. The van der Waals surface area contributed by atoms with Gasteiger partial charge in [-0.3, -0.25) is 9.89 Å². The molecule has 1 aromatic rings. The second-order valence-corrected chi connectivity index (χ2v) is 6.09. The van der Waals surface area contributed by atoms with Crippen molar-refractivity contribution in [3.63, 3.8) is 0 Å². The lowest BCUT2D eigenvalue weighted by molar-refractivity contribution is 0.179. The quantitative estimate of drug-likeness (QED) is 0.477. The van der Waals surface area contributed by atoms with E-state index < -0.39 is 0 Å². The van der Waals surface area contributed by atoms with Crippen LogP contribution in [0.4, 0.5) is 4.39 Å². The molecule has 1 aliphatic heterocycles. The number of likely N-dealkylation sites (tertiary alicyclic amines) is 1. The van der Waals surface area contributed by atoms with Gasteiger partial charge in [0, 0.05) is 25.2 Å². The highest BCUT2D eigenvalue weighted by atomic mass is 19.1. The molecule has 0 saturated carbocycles. The molecular formula is C19H27FN4. The molecule has 2 rings (SSSR count). The van der Waals surface area contributed by atoms with E-state index in [0.29, 0.717) is 19.0 Å². The van der Waals surface area contributed by atoms with Crippen molar-refractivity contribution in [3.8, 4) is 12.3 Å². The summed E-state index contributed by atoms with van der Waals surface area (Å²) in [6.45, 7) is 6.80. The van der Waals surface area contributed by atoms with Crippen LogP contribution in [0.5, 0.6) is 0 Å². The highest BCUT2D eigenvalue weighted by Gasteiger charge is 2.19. The molecule has 0 unspecified atom stereocenters. The predicted molar refractivity (Wildman–Crippen MR) is 97.2 cm³/mol. The van der Waals surface area contributed by atoms with Gasteiger partial charge in [0.15, 0.2) is 5.96 Å². The van der Waals surface area contributed by atoms with Crippen LogP contribution < -0.4 is 10.6 Å². The van der Waals surface area contributed by atoms with Crippen molar-refractivity contribution in [3.05, 3.63) is 35.6 Å². The summed E-state index contributed by atoms with van der Waals surface area (Å²) in [5.41, 5.74) is 0.780. The molecule has 24 heavy (non-hydrogen) atoms. The van der Waals surface area contributed by atoms with Gasteiger partial charge >= 0.3 is 0 Å². The second-order valence-electron chi connectivity index (χ2n) is 6.09. The Morgan fingerprint density at radius 3 is 2.75 bits per heavy atom. The molecule has 0 aromatic heterocycles. The second kappa shape index (κ2) is 9.94. The van der Waals surface area contributed by atoms with E-state index >= 15 is 0 Å². The van der Waals surface area contributed by atoms with Crippen molar-refractivity contribution in [2.24, 2.45) is 10.9 Å². The molecule has 1 heterocycles. The van der Waals surface area contributed by atoms with Crippen LogP contribution in [-0.4, -0.2) is 43.6 Å². The van der Waals surface area contributed by atoms with Crippen molar-refractivity contribution in [2.75, 3.05) is 32.7 Å². The van der Waals surface area contributed by atoms with Gasteiger partial charge in [-0.25, -0.2) is 4.39 Å². The van der Waals surface area contributed by atoms with E-state index in [4.69, 9.17) is 6.42 Å². The molecule has 1 fully saturated rings. The minimum atomic E-state index is -0.112. The Morgan fingerprint density at radius 2 is 2.08 bits per heavy atom. The molecule has 1 saturated heterocycles. The molecule has 4 nitrogen and oxygen atoms in total. The summed E-state index contributed by atoms with van der Waals surface area (Å²) < 4.78 is 13.7. The van der Waals surface area contributed by atoms with Crippen molar-refractivity contribution in [1.82, 2.24) is 15.5 Å². The lowest BCUT2D eigenvalue weighted by Gasteiger charge is -2.31. The highest BCUT2D eigenvalue weighted by Crippen LogP contribution is 2.20. The van der Waals surface area contributed by atoms with Crippen LogP contribution in [0.2, 0.25) is 0 Å². The first-order chi connectivity index (χ1) is 11.7. The number of rotatable bonds is 6. The van der Waals surface area contributed by atoms with Gasteiger partial charge in [-0.15, -0.1) is 6.42 Å². The summed E-state index contributed by atoms with van der Waals surface area (Å²) in [7, 11) is 0. The summed E-state index contributed by atoms with van der Waals surface area (Å²) in [6.07, 6.45) is 7.45. The zero-order chi connectivity index (χ0) is 17.2. The largest absolute Gasteiger partial charge is 0.357 e. The van der Waals surface area contributed by atoms with Gasteiger partial charge in [-0.2, -0.15) is 0 Å². The average molecular weight is 330 g/mol. The first-order valence-electron chi connectivity index (χ1n) is 8.64. The van der Waals surface area contributed by atoms with Gasteiger partial charge in [0.2, 0.25) is 0 Å². The van der Waals surface area contributed by atoms with E-state index in [0.717, 1.165) is 50.5 Å². The molecule has 0 bridgehead atoms. The topological polar surface area (TPSA) is 39.7 Å². The molecule has 0 aliphatic carbocycles. The number of terminal acetylenes is 1. The number of piperidine rings is 1. The summed E-state index contributed by atoms with van der Waals surface area (Å²) in [5, 5.41) is 6.30. The van der Waals surface area contributed by atoms with E-state index in [-0.39, 0.29) is 5.82 Å². The van der Waals surface area contributed by atoms with Crippen LogP contribution in [0.3, 0.4) is 0 Å². The maximum Gasteiger partial charge on any atom is 0.192 e. The molecule has 0 spiro atoms. The van der Waals surface area contributed by atoms with Gasteiger partial charge in [-0.1, -0.05) is 24.1 Å². The number of nitrogens with zero attached hydrogens (tertiary/aromatic N) is 2. The molecule has 0 amide bonds. The van der Waals surface area contributed by atoms with Crippen LogP contribution >= 0.6 is 0 Å². The first-order valence-corrected chi connectivity index (χ1v) is 8.64. The summed E-state index contributed by atoms with van der Waals surface area (Å²) in [5.74, 6) is 3.80. The van der Waals surface area contributed by atoms with Crippen LogP contribution in [-0.2, 0) is 6.54 Å². The Morgan fingerprint density at radius 1 is 1.33 bits per heavy atom. The number of benzene rings is 1. The van der Waals surface area contributed by atoms with Crippen LogP contribution in [0.15, 0.2) is 29.3 Å². The molecule has 5 heteroatoms. The molecule has 1 aromatic carbocycles. The fraction of sp³-hybridized carbons (Fsp3) is 0.526. The Hall–Kier alpha value is -2.06. The average Bonchev–Trinajstić information content (AvgIpc) is 2.60. The van der Waals surface area contributed by atoms with Gasteiger partial charge in [0.1, 0.15) is 5.82 Å². The van der Waals surface area contributed by atoms with Crippen LogP contribution in [0, 0.1) is 24.1 Å². The van der Waals surface area contributed by atoms with Crippen LogP contribution in [0.1, 0.15) is 25.3 Å². The molecule has 130 valence electrons. The monoisotopic (exact) mass is 330 g/mol. The first kappa shape index (κ1) is 18.3. The minimum Gasteiger partial charge on any atom is -0.357 e. The van der Waals surface area contributed by atoms with E-state index in [1.165, 1.54) is 6.07 Å². The van der Waals surface area contributed by atoms with E-state index in [2.05, 4.69) is 26.4 Å². The van der Waals surface area contributed by atoms with Crippen molar-refractivity contribution in [2.45, 2.75) is 26.3 Å². The molecule has 2 N–H and O–H groups in total. The van der Waals surface area contributed by atoms with Crippen LogP contribution in [0.25, 0.3) is 0 Å². The maximum atomic E-state index is 13.7. The molecule has 0 atom stereocenters. The van der Waals surface area contributed by atoms with E-state index in [1.807, 2.05) is 19.1 Å². The maximum absolute atomic E-state index is 13.7. The Labute approximate surface area is 144 Å². The Bertz CT molecular complexity index is 571. The third-order valence-corrected chi connectivity index (χ3v) is 4.27. The number of hydrogen-bond acceptors (Lipinski definition) is 2. The van der Waals surface area contributed by atoms with Gasteiger partial charge < -0.3 is 10.6 Å². The molecular weight excluding hydrogens is 303 g/mol. The lowest BCUT2D eigenvalue weighted by Crippen LogP contribution is -2.38. The number of halogens is 1. The number of guanidine groups is 1. The number of aliphatic imine (C=N–C) groups is 1. The fourth-order valence-corrected chi connectivity index (χ4v) is 2.89. The fourth-order valence-electron chi connectivity index (χ4n) is 2.89. The highest BCUT2D eigenvalue weighted by molar-refractivity contribution is 5.79. The SMILES string of the molecule is C#CCNC(=NCC1CCN(Cc2ccccc2F)CC1)NCC. The third kappa shape index (κ3) is 5.86. The summed E-state index contributed by atoms with van der Waals surface area (Å²) in [6, 6.07) is 7.03. The van der Waals surface area contributed by atoms with Crippen molar-refractivity contribution in [1.29, 1.82) is 0 Å². The lowest BCUT2D eigenvalue weighted by atomic mass is 9.96. The Kier molecular flexibility index (Phi) is 7.57. The molecule has 1 aliphatic rings. The number of nitrogens with one attached hydrogen (secondary N) is 2. The third-order valence-electron chi connectivity index (χ3n) is 4.27. The normalized spacial score (nSPS) is 16.6. The number of hydrogen-bond donors (Lipinski definition) is 2. The standard InChI is InChI=1S/C19H27FN4/c1-3-11-22-19(21-4-2)23-14-16-9-12-24(13-10-16)15-17-7-5-6-8-18(17)20/h1,5-8,16H,4,9-15H2,2H3,(H2,21,22,23). The molecule has 0 radical (unpaired) electrons. The predicted octanol–water partition coefficient (Wildman–Crippen LogP) is 2.23. The zero-order valence-electron chi connectivity index (χ0n) is 14.4. The van der Waals surface area contributed by atoms with Gasteiger partial charge in [0.05, 0.1) is 6.54 Å². The summed E-state index contributed by atoms with van der Waals surface area (Å²) >= 11 is 0. The Balaban J connectivity index is 1.78. The van der Waals surface area contributed by atoms with Gasteiger partial charge in [0.25, 0.3) is 0 Å².